The molecular weight excluding hydrogens is 256 g/mol. The molecule has 0 atom stereocenters. The third-order valence-corrected chi connectivity index (χ3v) is 3.37. The number of barbiturate groups is 1. The van der Waals surface area contributed by atoms with Crippen LogP contribution in [0.15, 0.2) is 24.3 Å². The number of hydrogen-bond acceptors (Lipinski definition) is 3. The standard InChI is InChI=1S/C15H18N2O3/c1-15(2,3)10-6-4-9(5-7-10)8-11-12(18)16-14(20)17-13(11)19/h4-7,11H,8H2,1-3H3,(H2,16,17,18,19,20). The lowest BCUT2D eigenvalue weighted by Crippen LogP contribution is -2.56. The molecule has 0 unspecified atom stereocenters. The molecule has 0 aromatic heterocycles. The van der Waals surface area contributed by atoms with Gasteiger partial charge in [0, 0.05) is 0 Å². The Labute approximate surface area is 117 Å². The minimum atomic E-state index is -0.854. The van der Waals surface area contributed by atoms with Gasteiger partial charge in [0.2, 0.25) is 11.8 Å². The second-order valence-corrected chi connectivity index (χ2v) is 6.01. The minimum Gasteiger partial charge on any atom is -0.277 e. The zero-order chi connectivity index (χ0) is 14.9. The molecule has 0 bridgehead atoms. The summed E-state index contributed by atoms with van der Waals surface area (Å²) in [7, 11) is 0. The van der Waals surface area contributed by atoms with Gasteiger partial charge in [0.25, 0.3) is 0 Å². The van der Waals surface area contributed by atoms with Crippen LogP contribution in [0, 0.1) is 5.92 Å². The lowest BCUT2D eigenvalue weighted by Gasteiger charge is -2.22. The van der Waals surface area contributed by atoms with E-state index in [1.165, 1.54) is 5.56 Å². The lowest BCUT2D eigenvalue weighted by atomic mass is 9.86. The highest BCUT2D eigenvalue weighted by atomic mass is 16.2. The summed E-state index contributed by atoms with van der Waals surface area (Å²) >= 11 is 0. The van der Waals surface area contributed by atoms with Gasteiger partial charge < -0.3 is 0 Å². The molecule has 1 aromatic carbocycles. The molecule has 1 heterocycles. The molecule has 5 nitrogen and oxygen atoms in total. The molecular formula is C15H18N2O3. The molecule has 1 aliphatic rings. The smallest absolute Gasteiger partial charge is 0.277 e. The van der Waals surface area contributed by atoms with Gasteiger partial charge in [0.15, 0.2) is 0 Å². The van der Waals surface area contributed by atoms with Gasteiger partial charge in [0.1, 0.15) is 5.92 Å². The van der Waals surface area contributed by atoms with Crippen LogP contribution in [0.5, 0.6) is 0 Å². The van der Waals surface area contributed by atoms with Crippen LogP contribution >= 0.6 is 0 Å². The summed E-state index contributed by atoms with van der Waals surface area (Å²) in [6, 6.07) is 7.08. The summed E-state index contributed by atoms with van der Waals surface area (Å²) < 4.78 is 0. The van der Waals surface area contributed by atoms with E-state index in [0.29, 0.717) is 0 Å². The molecule has 20 heavy (non-hydrogen) atoms. The second-order valence-electron chi connectivity index (χ2n) is 6.01. The van der Waals surface area contributed by atoms with E-state index in [0.717, 1.165) is 5.56 Å². The molecule has 1 fully saturated rings. The molecule has 0 aliphatic carbocycles. The van der Waals surface area contributed by atoms with Crippen LogP contribution in [0.3, 0.4) is 0 Å². The molecule has 106 valence electrons. The van der Waals surface area contributed by atoms with Crippen molar-refractivity contribution in [3.05, 3.63) is 35.4 Å². The van der Waals surface area contributed by atoms with Crippen molar-refractivity contribution in [2.24, 2.45) is 5.92 Å². The first kappa shape index (κ1) is 14.2. The van der Waals surface area contributed by atoms with E-state index >= 15 is 0 Å². The van der Waals surface area contributed by atoms with Crippen LogP contribution in [0.2, 0.25) is 0 Å². The molecule has 0 radical (unpaired) electrons. The Balaban J connectivity index is 2.12. The number of amides is 4. The predicted octanol–water partition coefficient (Wildman–Crippen LogP) is 1.51. The van der Waals surface area contributed by atoms with Gasteiger partial charge in [-0.1, -0.05) is 45.0 Å². The summed E-state index contributed by atoms with van der Waals surface area (Å²) in [5, 5.41) is 4.21. The Bertz CT molecular complexity index is 535. The average Bonchev–Trinajstić information content (AvgIpc) is 2.33. The summed E-state index contributed by atoms with van der Waals surface area (Å²) in [6.07, 6.45) is 0.287. The third-order valence-electron chi connectivity index (χ3n) is 3.37. The zero-order valence-electron chi connectivity index (χ0n) is 11.8. The van der Waals surface area contributed by atoms with E-state index in [2.05, 4.69) is 31.4 Å². The Hall–Kier alpha value is -2.17. The van der Waals surface area contributed by atoms with Gasteiger partial charge in [0.05, 0.1) is 0 Å². The van der Waals surface area contributed by atoms with Crippen molar-refractivity contribution in [1.82, 2.24) is 10.6 Å². The van der Waals surface area contributed by atoms with E-state index in [4.69, 9.17) is 0 Å². The number of urea groups is 1. The largest absolute Gasteiger partial charge is 0.328 e. The van der Waals surface area contributed by atoms with Crippen molar-refractivity contribution in [1.29, 1.82) is 0 Å². The fourth-order valence-electron chi connectivity index (χ4n) is 2.11. The normalized spacial score (nSPS) is 16.9. The summed E-state index contributed by atoms with van der Waals surface area (Å²) in [5.74, 6) is -1.94. The van der Waals surface area contributed by atoms with Crippen LogP contribution < -0.4 is 10.6 Å². The van der Waals surface area contributed by atoms with Gasteiger partial charge in [-0.25, -0.2) is 4.79 Å². The first-order chi connectivity index (χ1) is 9.27. The molecule has 0 spiro atoms. The molecule has 1 aromatic rings. The van der Waals surface area contributed by atoms with Crippen LogP contribution in [0.1, 0.15) is 31.9 Å². The molecule has 1 saturated heterocycles. The van der Waals surface area contributed by atoms with Gasteiger partial charge in [-0.3, -0.25) is 20.2 Å². The van der Waals surface area contributed by atoms with Crippen molar-refractivity contribution < 1.29 is 14.4 Å². The highest BCUT2D eigenvalue weighted by Gasteiger charge is 2.34. The van der Waals surface area contributed by atoms with Crippen LogP contribution in [0.25, 0.3) is 0 Å². The van der Waals surface area contributed by atoms with E-state index in [1.807, 2.05) is 24.3 Å². The number of nitrogens with one attached hydrogen (secondary N) is 2. The Morgan fingerprint density at radius 2 is 1.45 bits per heavy atom. The highest BCUT2D eigenvalue weighted by Crippen LogP contribution is 2.23. The van der Waals surface area contributed by atoms with Gasteiger partial charge >= 0.3 is 6.03 Å². The van der Waals surface area contributed by atoms with Crippen molar-refractivity contribution in [3.8, 4) is 0 Å². The predicted molar refractivity (Wildman–Crippen MR) is 74.0 cm³/mol. The summed E-state index contributed by atoms with van der Waals surface area (Å²) in [6.45, 7) is 6.36. The summed E-state index contributed by atoms with van der Waals surface area (Å²) in [4.78, 5) is 34.3. The SMILES string of the molecule is CC(C)(C)c1ccc(CC2C(=O)NC(=O)NC2=O)cc1. The van der Waals surface area contributed by atoms with Crippen molar-refractivity contribution in [2.45, 2.75) is 32.6 Å². The Morgan fingerprint density at radius 1 is 0.950 bits per heavy atom. The fourth-order valence-corrected chi connectivity index (χ4v) is 2.11. The molecule has 4 amide bonds. The van der Waals surface area contributed by atoms with Gasteiger partial charge in [-0.2, -0.15) is 0 Å². The maximum Gasteiger partial charge on any atom is 0.328 e. The Kier molecular flexibility index (Phi) is 3.61. The number of rotatable bonds is 2. The van der Waals surface area contributed by atoms with Crippen molar-refractivity contribution >= 4 is 17.8 Å². The van der Waals surface area contributed by atoms with E-state index in [1.54, 1.807) is 0 Å². The van der Waals surface area contributed by atoms with Gasteiger partial charge in [-0.05, 0) is 23.0 Å². The number of hydrogen-bond donors (Lipinski definition) is 2. The number of benzene rings is 1. The van der Waals surface area contributed by atoms with Crippen LogP contribution in [0.4, 0.5) is 4.79 Å². The van der Waals surface area contributed by atoms with Crippen LogP contribution in [-0.2, 0) is 21.4 Å². The minimum absolute atomic E-state index is 0.0601. The van der Waals surface area contributed by atoms with E-state index in [-0.39, 0.29) is 11.8 Å². The molecule has 1 aliphatic heterocycles. The van der Waals surface area contributed by atoms with Crippen molar-refractivity contribution in [2.75, 3.05) is 0 Å². The lowest BCUT2D eigenvalue weighted by molar-refractivity contribution is -0.135. The highest BCUT2D eigenvalue weighted by molar-refractivity contribution is 6.16. The molecule has 0 saturated carbocycles. The van der Waals surface area contributed by atoms with E-state index in [9.17, 15) is 14.4 Å². The maximum absolute atomic E-state index is 11.7. The second kappa shape index (κ2) is 5.07. The number of carbonyl (C=O) groups excluding carboxylic acids is 3. The zero-order valence-corrected chi connectivity index (χ0v) is 11.8. The van der Waals surface area contributed by atoms with Gasteiger partial charge in [-0.15, -0.1) is 0 Å². The molecule has 2 N–H and O–H groups in total. The fraction of sp³-hybridized carbons (Fsp3) is 0.400. The quantitative estimate of drug-likeness (QED) is 0.803. The maximum atomic E-state index is 11.7. The topological polar surface area (TPSA) is 75.3 Å². The number of carbonyl (C=O) groups is 3. The first-order valence-corrected chi connectivity index (χ1v) is 6.52. The monoisotopic (exact) mass is 274 g/mol. The summed E-state index contributed by atoms with van der Waals surface area (Å²) in [5.41, 5.74) is 2.14. The first-order valence-electron chi connectivity index (χ1n) is 6.52. The molecule has 5 heteroatoms. The Morgan fingerprint density at radius 3 is 1.90 bits per heavy atom. The third kappa shape index (κ3) is 3.04. The van der Waals surface area contributed by atoms with Crippen LogP contribution in [-0.4, -0.2) is 17.8 Å². The number of imide groups is 2. The van der Waals surface area contributed by atoms with E-state index < -0.39 is 23.8 Å². The molecule has 2 rings (SSSR count). The average molecular weight is 274 g/mol. The van der Waals surface area contributed by atoms with Crippen molar-refractivity contribution in [3.63, 3.8) is 0 Å².